The van der Waals surface area contributed by atoms with Crippen molar-refractivity contribution in [3.63, 3.8) is 0 Å². The third-order valence-electron chi connectivity index (χ3n) is 6.73. The summed E-state index contributed by atoms with van der Waals surface area (Å²) in [5, 5.41) is 0. The van der Waals surface area contributed by atoms with Crippen LogP contribution in [0.3, 0.4) is 0 Å². The molecule has 9 nitrogen and oxygen atoms in total. The molecule has 11 heteroatoms. The zero-order chi connectivity index (χ0) is 28.6. The van der Waals surface area contributed by atoms with Crippen molar-refractivity contribution in [3.05, 3.63) is 24.0 Å². The summed E-state index contributed by atoms with van der Waals surface area (Å²) in [6.07, 6.45) is 11.6. The highest BCUT2D eigenvalue weighted by Gasteiger charge is 2.32. The van der Waals surface area contributed by atoms with E-state index in [0.29, 0.717) is 19.6 Å². The molecule has 0 bridgehead atoms. The molecular formula is C29H52Br2N4O5. The Bertz CT molecular complexity index is 882. The van der Waals surface area contributed by atoms with Gasteiger partial charge in [-0.1, -0.05) is 32.6 Å². The largest absolute Gasteiger partial charge is 1.00 e. The lowest BCUT2D eigenvalue weighted by Gasteiger charge is -2.29. The second-order valence-electron chi connectivity index (χ2n) is 11.5. The van der Waals surface area contributed by atoms with Crippen molar-refractivity contribution in [1.29, 1.82) is 0 Å². The van der Waals surface area contributed by atoms with Gasteiger partial charge in [0.2, 0.25) is 5.69 Å². The highest BCUT2D eigenvalue weighted by atomic mass is 79.9. The Morgan fingerprint density at radius 1 is 0.850 bits per heavy atom. The first-order valence-corrected chi connectivity index (χ1v) is 14.1. The van der Waals surface area contributed by atoms with Gasteiger partial charge in [-0.25, -0.2) is 14.6 Å². The van der Waals surface area contributed by atoms with E-state index in [0.717, 1.165) is 43.3 Å². The molecule has 0 saturated heterocycles. The van der Waals surface area contributed by atoms with Crippen LogP contribution in [0, 0.1) is 0 Å². The van der Waals surface area contributed by atoms with Gasteiger partial charge in [0.05, 0.1) is 41.3 Å². The van der Waals surface area contributed by atoms with Gasteiger partial charge in [0.15, 0.2) is 5.75 Å². The number of likely N-dealkylation sites (N-methyl/N-ethyl adjacent to an activating group) is 1. The lowest BCUT2D eigenvalue weighted by molar-refractivity contribution is -0.890. The van der Waals surface area contributed by atoms with Crippen LogP contribution < -0.4 is 38.7 Å². The average molecular weight is 697 g/mol. The number of pyridine rings is 1. The van der Waals surface area contributed by atoms with Gasteiger partial charge in [-0.3, -0.25) is 9.28 Å². The third-order valence-corrected chi connectivity index (χ3v) is 6.73. The highest BCUT2D eigenvalue weighted by Crippen LogP contribution is 2.21. The van der Waals surface area contributed by atoms with Crippen LogP contribution in [0.15, 0.2) is 18.3 Å². The number of carbonyl (C=O) groups is 3. The first-order valence-electron chi connectivity index (χ1n) is 14.1. The van der Waals surface area contributed by atoms with Gasteiger partial charge in [-0.15, -0.1) is 0 Å². The van der Waals surface area contributed by atoms with Crippen LogP contribution in [0.25, 0.3) is 0 Å². The van der Waals surface area contributed by atoms with Crippen LogP contribution >= 0.6 is 0 Å². The lowest BCUT2D eigenvalue weighted by Crippen LogP contribution is -3.00. The molecule has 0 saturated carbocycles. The first kappa shape index (κ1) is 40.6. The van der Waals surface area contributed by atoms with Crippen molar-refractivity contribution >= 4 is 18.0 Å². The molecule has 0 aliphatic rings. The van der Waals surface area contributed by atoms with Gasteiger partial charge in [-0.05, 0) is 44.2 Å². The number of hydrogen-bond donors (Lipinski definition) is 0. The van der Waals surface area contributed by atoms with Gasteiger partial charge in [-0.2, -0.15) is 0 Å². The number of halogens is 2. The maximum absolute atomic E-state index is 13.2. The second kappa shape index (κ2) is 21.2. The van der Waals surface area contributed by atoms with Crippen LogP contribution in [0.2, 0.25) is 0 Å². The summed E-state index contributed by atoms with van der Waals surface area (Å²) in [5.74, 6) is -0.0561. The fourth-order valence-corrected chi connectivity index (χ4v) is 4.11. The monoisotopic (exact) mass is 694 g/mol. The van der Waals surface area contributed by atoms with Crippen molar-refractivity contribution in [3.8, 4) is 5.75 Å². The van der Waals surface area contributed by atoms with E-state index < -0.39 is 6.09 Å². The van der Waals surface area contributed by atoms with Gasteiger partial charge in [0.1, 0.15) is 13.2 Å². The molecule has 0 spiro atoms. The number of quaternary nitrogens is 2. The molecule has 0 unspecified atom stereocenters. The van der Waals surface area contributed by atoms with Crippen molar-refractivity contribution < 1.29 is 66.8 Å². The molecule has 0 aliphatic carbocycles. The molecule has 2 amide bonds. The third kappa shape index (κ3) is 16.6. The van der Waals surface area contributed by atoms with E-state index in [1.807, 2.05) is 21.0 Å². The zero-order valence-electron chi connectivity index (χ0n) is 25.7. The van der Waals surface area contributed by atoms with Gasteiger partial charge < -0.3 is 52.8 Å². The topological polar surface area (TPSA) is 85.8 Å². The molecule has 232 valence electrons. The molecular weight excluding hydrogens is 644 g/mol. The van der Waals surface area contributed by atoms with Crippen LogP contribution in [-0.2, 0) is 9.53 Å². The SMILES string of the molecule is CCCC(=O)OCC[N+](C)(C)CCCCCCCCCC[N+](C)(C)C(=O)c1ncccc1OC(=O)N(C)C.[Br-].[Br-]. The number of hydrogen-bond acceptors (Lipinski definition) is 6. The predicted octanol–water partition coefficient (Wildman–Crippen LogP) is -1.09. The fourth-order valence-electron chi connectivity index (χ4n) is 4.11. The average Bonchev–Trinajstić information content (AvgIpc) is 2.85. The number of ether oxygens (including phenoxy) is 2. The summed E-state index contributed by atoms with van der Waals surface area (Å²) >= 11 is 0. The highest BCUT2D eigenvalue weighted by molar-refractivity contribution is 5.90. The van der Waals surface area contributed by atoms with Gasteiger partial charge in [0.25, 0.3) is 0 Å². The van der Waals surface area contributed by atoms with Crippen LogP contribution in [0.4, 0.5) is 4.79 Å². The molecule has 1 heterocycles. The quantitative estimate of drug-likeness (QED) is 0.110. The van der Waals surface area contributed by atoms with E-state index in [2.05, 4.69) is 19.1 Å². The number of unbranched alkanes of at least 4 members (excludes halogenated alkanes) is 7. The Kier molecular flexibility index (Phi) is 21.5. The van der Waals surface area contributed by atoms with Crippen molar-refractivity contribution in [2.24, 2.45) is 0 Å². The van der Waals surface area contributed by atoms with Crippen LogP contribution in [0.1, 0.15) is 81.6 Å². The molecule has 0 atom stereocenters. The Morgan fingerprint density at radius 3 is 1.95 bits per heavy atom. The summed E-state index contributed by atoms with van der Waals surface area (Å²) in [7, 11) is 11.3. The molecule has 0 aliphatic heterocycles. The van der Waals surface area contributed by atoms with Crippen LogP contribution in [0.5, 0.6) is 5.75 Å². The Hall–Kier alpha value is -1.56. The molecule has 1 aromatic rings. The van der Waals surface area contributed by atoms with E-state index in [9.17, 15) is 14.4 Å². The minimum atomic E-state index is -0.537. The Labute approximate surface area is 263 Å². The summed E-state index contributed by atoms with van der Waals surface area (Å²) in [6, 6.07) is 3.26. The lowest BCUT2D eigenvalue weighted by atomic mass is 10.1. The molecule has 40 heavy (non-hydrogen) atoms. The maximum atomic E-state index is 13.2. The number of nitrogens with zero attached hydrogens (tertiary/aromatic N) is 4. The summed E-state index contributed by atoms with van der Waals surface area (Å²) in [6.45, 7) is 5.14. The smallest absolute Gasteiger partial charge is 0.414 e. The predicted molar refractivity (Wildman–Crippen MR) is 150 cm³/mol. The molecule has 0 aromatic carbocycles. The molecule has 0 fully saturated rings. The van der Waals surface area contributed by atoms with E-state index in [4.69, 9.17) is 9.47 Å². The minimum absolute atomic E-state index is 0. The Balaban J connectivity index is 0. The summed E-state index contributed by atoms with van der Waals surface area (Å²) in [5.41, 5.74) is 0.187. The molecule has 0 N–H and O–H groups in total. The number of esters is 1. The van der Waals surface area contributed by atoms with Gasteiger partial charge >= 0.3 is 18.0 Å². The Morgan fingerprint density at radius 2 is 1.40 bits per heavy atom. The van der Waals surface area contributed by atoms with Crippen molar-refractivity contribution in [2.45, 2.75) is 71.1 Å². The van der Waals surface area contributed by atoms with E-state index in [1.165, 1.54) is 37.0 Å². The fraction of sp³-hybridized carbons (Fsp3) is 0.724. The van der Waals surface area contributed by atoms with Crippen molar-refractivity contribution in [2.75, 3.05) is 68.5 Å². The number of amides is 2. The van der Waals surface area contributed by atoms with Gasteiger partial charge in [0, 0.05) is 26.7 Å². The number of rotatable bonds is 18. The second-order valence-corrected chi connectivity index (χ2v) is 11.5. The number of carbonyl (C=O) groups excluding carboxylic acids is 3. The van der Waals surface area contributed by atoms with Crippen molar-refractivity contribution in [1.82, 2.24) is 9.88 Å². The molecule has 1 rings (SSSR count). The normalized spacial score (nSPS) is 11.2. The molecule has 0 radical (unpaired) electrons. The maximum Gasteiger partial charge on any atom is 0.414 e. The van der Waals surface area contributed by atoms with E-state index >= 15 is 0 Å². The number of aromatic nitrogens is 1. The van der Waals surface area contributed by atoms with Crippen LogP contribution in [-0.4, -0.2) is 105 Å². The standard InChI is InChI=1S/C29H52N4O5.2BrH/c1-8-18-26(34)37-24-23-32(4,5)21-15-13-11-9-10-12-14-16-22-33(6,7)28(35)27-25(19-17-20-30-27)38-29(36)31(2)3;;/h17,19-20H,8-16,18,21-24H2,1-7H3;2*1H/q+2;;/p-2. The van der Waals surface area contributed by atoms with E-state index in [1.54, 1.807) is 32.4 Å². The molecule has 1 aromatic heterocycles. The van der Waals surface area contributed by atoms with E-state index in [-0.39, 0.29) is 61.8 Å². The minimum Gasteiger partial charge on any atom is -1.00 e. The first-order chi connectivity index (χ1) is 17.9. The zero-order valence-corrected chi connectivity index (χ0v) is 28.9. The summed E-state index contributed by atoms with van der Waals surface area (Å²) in [4.78, 5) is 42.1. The summed E-state index contributed by atoms with van der Waals surface area (Å²) < 4.78 is 11.7.